The maximum Gasteiger partial charge on any atom is 0.312 e. The third-order valence-electron chi connectivity index (χ3n) is 2.89. The molecule has 0 aromatic carbocycles. The van der Waals surface area contributed by atoms with Crippen LogP contribution in [0.1, 0.15) is 0 Å². The Kier molecular flexibility index (Phi) is 3.86. The van der Waals surface area contributed by atoms with Crippen molar-refractivity contribution < 1.29 is 32.8 Å². The fourth-order valence-electron chi connectivity index (χ4n) is 2.07. The number of aliphatic hydroxyl groups excluding tert-OH is 1. The van der Waals surface area contributed by atoms with Gasteiger partial charge in [0.05, 0.1) is 12.6 Å². The molecule has 2 heterocycles. The van der Waals surface area contributed by atoms with Gasteiger partial charge in [-0.25, -0.2) is 0 Å². The average Bonchev–Trinajstić information content (AvgIpc) is 2.83. The van der Waals surface area contributed by atoms with Crippen molar-refractivity contribution in [2.24, 2.45) is 0 Å². The van der Waals surface area contributed by atoms with Crippen LogP contribution >= 0.6 is 0 Å². The standard InChI is InChI=1S/C10H11BF2O5/c1-15-9-17-7-5(4-14)16-8(11)10(7,18-9)3-2-6(12)13/h3,5,7-9,14H,4H2,1H3/t5-,7+,8-,9?,10?/m1/s1. The van der Waals surface area contributed by atoms with Crippen molar-refractivity contribution in [3.63, 3.8) is 0 Å². The van der Waals surface area contributed by atoms with Crippen molar-refractivity contribution in [2.75, 3.05) is 13.7 Å². The molecule has 0 amide bonds. The van der Waals surface area contributed by atoms with E-state index < -0.39 is 36.4 Å². The summed E-state index contributed by atoms with van der Waals surface area (Å²) in [5.74, 6) is 0. The van der Waals surface area contributed by atoms with Crippen LogP contribution in [0.4, 0.5) is 8.78 Å². The zero-order valence-electron chi connectivity index (χ0n) is 9.51. The maximum atomic E-state index is 12.1. The molecule has 2 saturated heterocycles. The van der Waals surface area contributed by atoms with Crippen molar-refractivity contribution in [2.45, 2.75) is 30.3 Å². The molecule has 0 aromatic heterocycles. The molecule has 5 atom stereocenters. The van der Waals surface area contributed by atoms with E-state index in [0.29, 0.717) is 0 Å². The molecule has 0 spiro atoms. The molecule has 2 radical (unpaired) electrons. The Bertz CT molecular complexity index is 382. The van der Waals surface area contributed by atoms with Crippen LogP contribution in [0.5, 0.6) is 0 Å². The molecule has 98 valence electrons. The molecule has 0 aromatic rings. The van der Waals surface area contributed by atoms with Gasteiger partial charge in [0.1, 0.15) is 25.7 Å². The van der Waals surface area contributed by atoms with Crippen LogP contribution in [-0.2, 0) is 18.9 Å². The molecule has 2 fully saturated rings. The van der Waals surface area contributed by atoms with Crippen LogP contribution in [0.25, 0.3) is 0 Å². The van der Waals surface area contributed by atoms with Crippen LogP contribution < -0.4 is 0 Å². The van der Waals surface area contributed by atoms with Gasteiger partial charge in [0.25, 0.3) is 6.48 Å². The molecule has 18 heavy (non-hydrogen) atoms. The SMILES string of the molecule is [B][C@@H]1O[C@H](CO)[C@@H]2OC(OC)OC12C=C=C(F)F. The fraction of sp³-hybridized carbons (Fsp3) is 0.700. The summed E-state index contributed by atoms with van der Waals surface area (Å²) in [6.45, 7) is -1.44. The van der Waals surface area contributed by atoms with Gasteiger partial charge in [0, 0.05) is 7.11 Å². The van der Waals surface area contributed by atoms with E-state index in [4.69, 9.17) is 31.9 Å². The van der Waals surface area contributed by atoms with E-state index in [2.05, 4.69) is 0 Å². The van der Waals surface area contributed by atoms with E-state index in [1.807, 2.05) is 0 Å². The van der Waals surface area contributed by atoms with Gasteiger partial charge in [0.2, 0.25) is 0 Å². The van der Waals surface area contributed by atoms with E-state index in [1.165, 1.54) is 7.11 Å². The smallest absolute Gasteiger partial charge is 0.312 e. The number of aliphatic hydroxyl groups is 1. The molecule has 2 rings (SSSR count). The lowest BCUT2D eigenvalue weighted by Crippen LogP contribution is -2.45. The van der Waals surface area contributed by atoms with Gasteiger partial charge in [-0.15, -0.1) is 0 Å². The Morgan fingerprint density at radius 2 is 2.28 bits per heavy atom. The quantitative estimate of drug-likeness (QED) is 0.567. The number of rotatable bonds is 3. The van der Waals surface area contributed by atoms with Crippen molar-refractivity contribution in [3.05, 3.63) is 17.9 Å². The molecule has 0 saturated carbocycles. The summed E-state index contributed by atoms with van der Waals surface area (Å²) >= 11 is 0. The van der Waals surface area contributed by atoms with Gasteiger partial charge in [-0.1, -0.05) is 5.73 Å². The van der Waals surface area contributed by atoms with Crippen molar-refractivity contribution in [3.8, 4) is 0 Å². The van der Waals surface area contributed by atoms with E-state index in [9.17, 15) is 8.78 Å². The lowest BCUT2D eigenvalue weighted by atomic mass is 9.80. The Hall–Kier alpha value is -0.755. The lowest BCUT2D eigenvalue weighted by Gasteiger charge is -2.25. The summed E-state index contributed by atoms with van der Waals surface area (Å²) in [6, 6.07) is -1.06. The molecule has 8 heteroatoms. The molecule has 1 N–H and O–H groups in total. The molecule has 2 aliphatic rings. The van der Waals surface area contributed by atoms with Crippen LogP contribution in [0.15, 0.2) is 17.9 Å². The molecular weight excluding hydrogens is 249 g/mol. The number of fused-ring (bicyclic) bond motifs is 1. The third kappa shape index (κ3) is 2.11. The second kappa shape index (κ2) is 5.09. The first kappa shape index (κ1) is 13.7. The van der Waals surface area contributed by atoms with E-state index in [1.54, 1.807) is 5.73 Å². The highest BCUT2D eigenvalue weighted by molar-refractivity contribution is 6.12. The van der Waals surface area contributed by atoms with Crippen LogP contribution in [0.3, 0.4) is 0 Å². The van der Waals surface area contributed by atoms with Gasteiger partial charge in [0.15, 0.2) is 0 Å². The maximum absolute atomic E-state index is 12.1. The largest absolute Gasteiger partial charge is 0.394 e. The highest BCUT2D eigenvalue weighted by Gasteiger charge is 2.61. The predicted octanol–water partition coefficient (Wildman–Crippen LogP) is -0.108. The van der Waals surface area contributed by atoms with E-state index in [-0.39, 0.29) is 6.61 Å². The third-order valence-corrected chi connectivity index (χ3v) is 2.89. The number of hydrogen-bond acceptors (Lipinski definition) is 5. The minimum atomic E-state index is -2.02. The average molecular weight is 260 g/mol. The Labute approximate surface area is 103 Å². The van der Waals surface area contributed by atoms with Gasteiger partial charge in [-0.3, -0.25) is 0 Å². The minimum absolute atomic E-state index is 0.379. The molecular formula is C10H11BF2O5. The van der Waals surface area contributed by atoms with E-state index >= 15 is 0 Å². The Morgan fingerprint density at radius 3 is 2.83 bits per heavy atom. The second-order valence-corrected chi connectivity index (χ2v) is 3.88. The summed E-state index contributed by atoms with van der Waals surface area (Å²) in [6.07, 6.45) is -2.69. The number of halogens is 2. The number of ether oxygens (including phenoxy) is 4. The van der Waals surface area contributed by atoms with E-state index in [0.717, 1.165) is 6.08 Å². The molecule has 5 nitrogen and oxygen atoms in total. The van der Waals surface area contributed by atoms with Crippen molar-refractivity contribution in [1.82, 2.24) is 0 Å². The first-order valence-electron chi connectivity index (χ1n) is 5.20. The topological polar surface area (TPSA) is 57.2 Å². The summed E-state index contributed by atoms with van der Waals surface area (Å²) < 4.78 is 45.0. The fourth-order valence-corrected chi connectivity index (χ4v) is 2.07. The van der Waals surface area contributed by atoms with Gasteiger partial charge >= 0.3 is 6.08 Å². The van der Waals surface area contributed by atoms with Gasteiger partial charge < -0.3 is 24.1 Å². The molecule has 0 bridgehead atoms. The van der Waals surface area contributed by atoms with Gasteiger partial charge in [-0.2, -0.15) is 8.78 Å². The Balaban J connectivity index is 2.36. The van der Waals surface area contributed by atoms with Crippen molar-refractivity contribution >= 4 is 7.85 Å². The Morgan fingerprint density at radius 1 is 1.56 bits per heavy atom. The predicted molar refractivity (Wildman–Crippen MR) is 54.8 cm³/mol. The molecule has 0 aliphatic carbocycles. The lowest BCUT2D eigenvalue weighted by molar-refractivity contribution is -0.254. The zero-order chi connectivity index (χ0) is 13.3. The first-order chi connectivity index (χ1) is 8.53. The van der Waals surface area contributed by atoms with Gasteiger partial charge in [-0.05, 0) is 6.08 Å². The normalized spacial score (nSPS) is 42.4. The zero-order valence-corrected chi connectivity index (χ0v) is 9.51. The summed E-state index contributed by atoms with van der Waals surface area (Å²) in [5, 5.41) is 9.14. The number of methoxy groups -OCH3 is 1. The molecule has 2 aliphatic heterocycles. The monoisotopic (exact) mass is 260 g/mol. The van der Waals surface area contributed by atoms with Crippen molar-refractivity contribution in [1.29, 1.82) is 0 Å². The summed E-state index contributed by atoms with van der Waals surface area (Å²) in [7, 11) is 7.03. The van der Waals surface area contributed by atoms with Crippen LogP contribution in [0.2, 0.25) is 0 Å². The summed E-state index contributed by atoms with van der Waals surface area (Å²) in [5.41, 5.74) is 0.279. The molecule has 2 unspecified atom stereocenters. The van der Waals surface area contributed by atoms with Crippen LogP contribution in [0, 0.1) is 0 Å². The second-order valence-electron chi connectivity index (χ2n) is 3.88. The summed E-state index contributed by atoms with van der Waals surface area (Å²) in [4.78, 5) is 0. The highest BCUT2D eigenvalue weighted by Crippen LogP contribution is 2.43. The van der Waals surface area contributed by atoms with Crippen LogP contribution in [-0.4, -0.2) is 57.0 Å². The minimum Gasteiger partial charge on any atom is -0.394 e. The highest BCUT2D eigenvalue weighted by atomic mass is 19.3. The first-order valence-corrected chi connectivity index (χ1v) is 5.20. The number of hydrogen-bond donors (Lipinski definition) is 1.